The quantitative estimate of drug-likeness (QED) is 0.797. The zero-order chi connectivity index (χ0) is 11.4. The van der Waals surface area contributed by atoms with Crippen molar-refractivity contribution < 1.29 is 4.84 Å². The molecule has 0 spiro atoms. The number of aryl methyl sites for hydroxylation is 1. The van der Waals surface area contributed by atoms with Gasteiger partial charge in [-0.2, -0.15) is 5.48 Å². The van der Waals surface area contributed by atoms with Crippen molar-refractivity contribution in [2.45, 2.75) is 19.9 Å². The first kappa shape index (κ1) is 11.0. The van der Waals surface area contributed by atoms with Crippen LogP contribution in [0.15, 0.2) is 30.6 Å². The SMILES string of the molecule is CCc1cncc2cc(CNOC)ccc12. The fraction of sp³-hybridized carbons (Fsp3) is 0.308. The van der Waals surface area contributed by atoms with Crippen molar-refractivity contribution in [3.8, 4) is 0 Å². The number of hydroxylamine groups is 1. The number of rotatable bonds is 4. The number of hydrogen-bond acceptors (Lipinski definition) is 3. The monoisotopic (exact) mass is 216 g/mol. The van der Waals surface area contributed by atoms with Crippen LogP contribution in [0, 0.1) is 0 Å². The summed E-state index contributed by atoms with van der Waals surface area (Å²) in [6.07, 6.45) is 4.86. The van der Waals surface area contributed by atoms with Crippen LogP contribution in [0.2, 0.25) is 0 Å². The highest BCUT2D eigenvalue weighted by Gasteiger charge is 2.01. The van der Waals surface area contributed by atoms with Gasteiger partial charge in [0.1, 0.15) is 0 Å². The van der Waals surface area contributed by atoms with Crippen molar-refractivity contribution >= 4 is 10.8 Å². The second-order valence-electron chi connectivity index (χ2n) is 3.73. The molecule has 0 aliphatic heterocycles. The molecule has 1 N–H and O–H groups in total. The molecule has 84 valence electrons. The third kappa shape index (κ3) is 2.21. The van der Waals surface area contributed by atoms with E-state index < -0.39 is 0 Å². The summed E-state index contributed by atoms with van der Waals surface area (Å²) in [5, 5.41) is 2.48. The van der Waals surface area contributed by atoms with Crippen LogP contribution in [0.4, 0.5) is 0 Å². The first-order valence-corrected chi connectivity index (χ1v) is 5.46. The zero-order valence-electron chi connectivity index (χ0n) is 9.66. The fourth-order valence-corrected chi connectivity index (χ4v) is 1.84. The molecular weight excluding hydrogens is 200 g/mol. The predicted octanol–water partition coefficient (Wildman–Crippen LogP) is 2.45. The van der Waals surface area contributed by atoms with Crippen molar-refractivity contribution in [2.75, 3.05) is 7.11 Å². The molecule has 3 nitrogen and oxygen atoms in total. The summed E-state index contributed by atoms with van der Waals surface area (Å²) in [6.45, 7) is 2.86. The molecule has 0 saturated heterocycles. The fourth-order valence-electron chi connectivity index (χ4n) is 1.84. The Morgan fingerprint density at radius 3 is 2.94 bits per heavy atom. The topological polar surface area (TPSA) is 34.2 Å². The molecule has 0 unspecified atom stereocenters. The standard InChI is InChI=1S/C13H16N2O/c1-3-11-8-14-9-12-6-10(7-15-16-2)4-5-13(11)12/h4-6,8-9,15H,3,7H2,1-2H3. The van der Waals surface area contributed by atoms with Gasteiger partial charge in [-0.1, -0.05) is 19.1 Å². The van der Waals surface area contributed by atoms with Crippen LogP contribution in [0.1, 0.15) is 18.1 Å². The molecule has 0 saturated carbocycles. The van der Waals surface area contributed by atoms with E-state index in [0.29, 0.717) is 6.54 Å². The maximum atomic E-state index is 4.84. The third-order valence-electron chi connectivity index (χ3n) is 2.71. The Bertz CT molecular complexity index is 482. The minimum absolute atomic E-state index is 0.711. The van der Waals surface area contributed by atoms with Crippen LogP contribution in [-0.2, 0) is 17.8 Å². The Morgan fingerprint density at radius 2 is 2.19 bits per heavy atom. The third-order valence-corrected chi connectivity index (χ3v) is 2.71. The van der Waals surface area contributed by atoms with E-state index in [-0.39, 0.29) is 0 Å². The Balaban J connectivity index is 2.39. The van der Waals surface area contributed by atoms with Gasteiger partial charge in [-0.3, -0.25) is 4.98 Å². The molecule has 0 aliphatic rings. The highest BCUT2D eigenvalue weighted by Crippen LogP contribution is 2.19. The minimum Gasteiger partial charge on any atom is -0.305 e. The van der Waals surface area contributed by atoms with Gasteiger partial charge in [0.15, 0.2) is 0 Å². The number of nitrogens with zero attached hydrogens (tertiary/aromatic N) is 1. The first-order chi connectivity index (χ1) is 7.85. The molecule has 2 rings (SSSR count). The number of benzene rings is 1. The minimum atomic E-state index is 0.711. The second kappa shape index (κ2) is 5.05. The van der Waals surface area contributed by atoms with Crippen molar-refractivity contribution in [2.24, 2.45) is 0 Å². The maximum Gasteiger partial charge on any atom is 0.0572 e. The molecule has 0 fully saturated rings. The molecule has 0 atom stereocenters. The largest absolute Gasteiger partial charge is 0.305 e. The van der Waals surface area contributed by atoms with E-state index in [1.807, 2.05) is 12.4 Å². The average molecular weight is 216 g/mol. The second-order valence-corrected chi connectivity index (χ2v) is 3.73. The number of fused-ring (bicyclic) bond motifs is 1. The van der Waals surface area contributed by atoms with E-state index in [1.165, 1.54) is 21.9 Å². The molecule has 1 aromatic carbocycles. The smallest absolute Gasteiger partial charge is 0.0572 e. The highest BCUT2D eigenvalue weighted by molar-refractivity contribution is 5.85. The summed E-state index contributed by atoms with van der Waals surface area (Å²) in [4.78, 5) is 9.09. The van der Waals surface area contributed by atoms with E-state index in [9.17, 15) is 0 Å². The van der Waals surface area contributed by atoms with E-state index in [1.54, 1.807) is 7.11 Å². The van der Waals surface area contributed by atoms with Gasteiger partial charge in [-0.25, -0.2) is 0 Å². The summed E-state index contributed by atoms with van der Waals surface area (Å²) in [5.74, 6) is 0. The lowest BCUT2D eigenvalue weighted by molar-refractivity contribution is 0.0867. The van der Waals surface area contributed by atoms with Crippen molar-refractivity contribution in [3.63, 3.8) is 0 Å². The van der Waals surface area contributed by atoms with Crippen LogP contribution in [0.5, 0.6) is 0 Å². The van der Waals surface area contributed by atoms with Gasteiger partial charge < -0.3 is 4.84 Å². The van der Waals surface area contributed by atoms with E-state index in [0.717, 1.165) is 6.42 Å². The number of aromatic nitrogens is 1. The molecule has 1 aromatic heterocycles. The van der Waals surface area contributed by atoms with Gasteiger partial charge >= 0.3 is 0 Å². The van der Waals surface area contributed by atoms with Crippen LogP contribution in [0.3, 0.4) is 0 Å². The lowest BCUT2D eigenvalue weighted by Gasteiger charge is -2.06. The maximum absolute atomic E-state index is 4.84. The Morgan fingerprint density at radius 1 is 1.31 bits per heavy atom. The Labute approximate surface area is 95.4 Å². The highest BCUT2D eigenvalue weighted by atomic mass is 16.6. The van der Waals surface area contributed by atoms with Gasteiger partial charge in [-0.05, 0) is 29.0 Å². The van der Waals surface area contributed by atoms with E-state index in [2.05, 4.69) is 35.6 Å². The van der Waals surface area contributed by atoms with E-state index in [4.69, 9.17) is 4.84 Å². The summed E-state index contributed by atoms with van der Waals surface area (Å²) < 4.78 is 0. The zero-order valence-corrected chi connectivity index (χ0v) is 9.66. The summed E-state index contributed by atoms with van der Waals surface area (Å²) >= 11 is 0. The molecule has 1 heterocycles. The molecule has 0 aliphatic carbocycles. The van der Waals surface area contributed by atoms with Crippen LogP contribution in [-0.4, -0.2) is 12.1 Å². The van der Waals surface area contributed by atoms with Gasteiger partial charge in [0, 0.05) is 24.3 Å². The number of pyridine rings is 1. The van der Waals surface area contributed by atoms with Crippen molar-refractivity contribution in [3.05, 3.63) is 41.7 Å². The Kier molecular flexibility index (Phi) is 3.49. The van der Waals surface area contributed by atoms with Crippen molar-refractivity contribution in [1.82, 2.24) is 10.5 Å². The lowest BCUT2D eigenvalue weighted by Crippen LogP contribution is -2.10. The first-order valence-electron chi connectivity index (χ1n) is 5.46. The molecule has 0 amide bonds. The van der Waals surface area contributed by atoms with Gasteiger partial charge in [0.25, 0.3) is 0 Å². The number of hydrogen-bond donors (Lipinski definition) is 1. The lowest BCUT2D eigenvalue weighted by atomic mass is 10.0. The molecule has 0 radical (unpaired) electrons. The summed E-state index contributed by atoms with van der Waals surface area (Å²) in [7, 11) is 1.62. The molecule has 16 heavy (non-hydrogen) atoms. The van der Waals surface area contributed by atoms with Crippen LogP contribution >= 0.6 is 0 Å². The molecule has 3 heteroatoms. The number of nitrogens with one attached hydrogen (secondary N) is 1. The van der Waals surface area contributed by atoms with Crippen LogP contribution in [0.25, 0.3) is 10.8 Å². The summed E-state index contributed by atoms with van der Waals surface area (Å²) in [5.41, 5.74) is 5.33. The van der Waals surface area contributed by atoms with Gasteiger partial charge in [0.05, 0.1) is 7.11 Å². The van der Waals surface area contributed by atoms with Crippen LogP contribution < -0.4 is 5.48 Å². The van der Waals surface area contributed by atoms with Gasteiger partial charge in [-0.15, -0.1) is 0 Å². The molecule has 2 aromatic rings. The normalized spacial score (nSPS) is 10.9. The predicted molar refractivity (Wildman–Crippen MR) is 65.0 cm³/mol. The van der Waals surface area contributed by atoms with Gasteiger partial charge in [0.2, 0.25) is 0 Å². The average Bonchev–Trinajstić information content (AvgIpc) is 2.35. The molecule has 0 bridgehead atoms. The Hall–Kier alpha value is -1.45. The molecular formula is C13H16N2O. The summed E-state index contributed by atoms with van der Waals surface area (Å²) in [6, 6.07) is 6.42. The van der Waals surface area contributed by atoms with E-state index >= 15 is 0 Å². The van der Waals surface area contributed by atoms with Crippen molar-refractivity contribution in [1.29, 1.82) is 0 Å².